The first-order valence-corrected chi connectivity index (χ1v) is 83.0. The van der Waals surface area contributed by atoms with E-state index in [-0.39, 0.29) is 0 Å². The van der Waals surface area contributed by atoms with E-state index in [1.54, 1.807) is 80.2 Å². The second-order valence-corrected chi connectivity index (χ2v) is 105. The van der Waals surface area contributed by atoms with Gasteiger partial charge in [-0.15, -0.1) is 0 Å². The van der Waals surface area contributed by atoms with Crippen LogP contribution in [0.4, 0.5) is 0 Å². The zero-order chi connectivity index (χ0) is 93.2. The van der Waals surface area contributed by atoms with Crippen molar-refractivity contribution in [1.29, 1.82) is 0 Å². The number of hydrogen-bond donors (Lipinski definition) is 0. The maximum atomic E-state index is 2.57. The Balaban J connectivity index is -0.000000647. The van der Waals surface area contributed by atoms with Crippen LogP contribution in [0.1, 0.15) is 203 Å². The topological polar surface area (TPSA) is 0 Å². The van der Waals surface area contributed by atoms with E-state index in [2.05, 4.69) is 493 Å². The maximum Gasteiger partial charge on any atom is 0.0778 e. The van der Waals surface area contributed by atoms with Crippen molar-refractivity contribution in [3.8, 4) is 0 Å². The van der Waals surface area contributed by atoms with Crippen LogP contribution in [0.5, 0.6) is 0 Å². The summed E-state index contributed by atoms with van der Waals surface area (Å²) in [7, 11) is -12.9. The molecule has 0 radical (unpaired) electrons. The molecule has 11 heteroatoms. The summed E-state index contributed by atoms with van der Waals surface area (Å²) in [6, 6.07) is 32.0. The van der Waals surface area contributed by atoms with Crippen molar-refractivity contribution in [2.45, 2.75) is 413 Å². The van der Waals surface area contributed by atoms with Crippen LogP contribution in [0.25, 0.3) is 11.1 Å². The molecule has 0 aliphatic heterocycles. The quantitative estimate of drug-likeness (QED) is 0.0656. The molecular weight excluding hydrogens is 1570 g/mol. The predicted octanol–water partition coefficient (Wildman–Crippen LogP) is 37.3. The first kappa shape index (κ1) is 119. The minimum absolute atomic E-state index is 0.463. The normalized spacial score (nSPS) is 14.9. The molecule has 0 aliphatic carbocycles. The Morgan fingerprint density at radius 1 is 0.328 bits per heavy atom. The second kappa shape index (κ2) is 49.4. The summed E-state index contributed by atoms with van der Waals surface area (Å²) in [6.07, 6.45) is 9.24. The summed E-state index contributed by atoms with van der Waals surface area (Å²) < 4.78 is 0. The van der Waals surface area contributed by atoms with Gasteiger partial charge in [0.05, 0.1) is 88.8 Å². The largest absolute Gasteiger partial charge is 0.0926 e. The molecule has 116 heavy (non-hydrogen) atoms. The summed E-state index contributed by atoms with van der Waals surface area (Å²) in [5, 5.41) is 16.9. The van der Waals surface area contributed by atoms with Crippen LogP contribution in [0.3, 0.4) is 0 Å². The van der Waals surface area contributed by atoms with Crippen LogP contribution in [0.2, 0.25) is 221 Å². The van der Waals surface area contributed by atoms with Gasteiger partial charge in [0.25, 0.3) is 0 Å². The van der Waals surface area contributed by atoms with Gasteiger partial charge in [0.2, 0.25) is 0 Å². The summed E-state index contributed by atoms with van der Waals surface area (Å²) in [6.45, 7) is 138. The maximum absolute atomic E-state index is 2.57. The molecular formula is C105H198Si11. The Hall–Kier alpha value is -3.07. The van der Waals surface area contributed by atoms with E-state index >= 15 is 0 Å². The molecule has 3 rings (SSSR count). The molecule has 0 N–H and O–H groups in total. The zero-order valence-corrected chi connectivity index (χ0v) is 100. The molecule has 0 bridgehead atoms. The van der Waals surface area contributed by atoms with Gasteiger partial charge in [0, 0.05) is 0 Å². The highest BCUT2D eigenvalue weighted by Crippen LogP contribution is 2.43. The van der Waals surface area contributed by atoms with Crippen molar-refractivity contribution in [3.63, 3.8) is 0 Å². The van der Waals surface area contributed by atoms with E-state index in [4.69, 9.17) is 0 Å². The molecule has 3 aromatic carbocycles. The lowest BCUT2D eigenvalue weighted by Crippen LogP contribution is -2.38. The molecule has 0 amide bonds. The summed E-state index contributed by atoms with van der Waals surface area (Å²) >= 11 is 0. The number of allylic oxidation sites excluding steroid dienone is 24. The summed E-state index contributed by atoms with van der Waals surface area (Å²) in [4.78, 5) is 0. The summed E-state index contributed by atoms with van der Waals surface area (Å²) in [5.41, 5.74) is 22.4. The first-order chi connectivity index (χ1) is 51.4. The lowest BCUT2D eigenvalue weighted by Gasteiger charge is -2.39. The Kier molecular flexibility index (Phi) is 50.8. The van der Waals surface area contributed by atoms with Crippen molar-refractivity contribution in [3.05, 3.63) is 222 Å². The molecule has 0 unspecified atom stereocenters. The van der Waals surface area contributed by atoms with Crippen LogP contribution < -0.4 is 5.19 Å². The fourth-order valence-electron chi connectivity index (χ4n) is 14.1. The third-order valence-electron chi connectivity index (χ3n) is 25.3. The van der Waals surface area contributed by atoms with Crippen LogP contribution in [-0.4, -0.2) is 88.8 Å². The number of hydrogen-bond acceptors (Lipinski definition) is 0. The van der Waals surface area contributed by atoms with Gasteiger partial charge in [-0.2, -0.15) is 0 Å². The van der Waals surface area contributed by atoms with Gasteiger partial charge in [0.15, 0.2) is 0 Å². The molecule has 0 nitrogen and oxygen atoms in total. The lowest BCUT2D eigenvalue weighted by molar-refractivity contribution is 0.717. The van der Waals surface area contributed by atoms with E-state index in [1.165, 1.54) is 67.8 Å². The van der Waals surface area contributed by atoms with Gasteiger partial charge < -0.3 is 0 Å². The van der Waals surface area contributed by atoms with Gasteiger partial charge in [-0.05, 0) is 209 Å². The third-order valence-corrected chi connectivity index (χ3v) is 56.0. The Morgan fingerprint density at radius 3 is 0.871 bits per heavy atom. The number of aryl methyl sites for hydroxylation is 1. The monoisotopic (exact) mass is 1770 g/mol. The summed E-state index contributed by atoms with van der Waals surface area (Å²) in [5.74, 6) is 0.640. The van der Waals surface area contributed by atoms with E-state index in [9.17, 15) is 0 Å². The standard InChI is InChI=1S/C21H36Si2.C20H44Si3.C19H32Si2.C16H24Si.C14H28Si.C8H18Si.C7H16Si/c1-17(15-16-20-13-11-10-12-14-20)21(23(7,8)9)18(2)19(3)22(4,5)6;1-16(15-23(13,14)20(4,5)6)19(22(10,11)12)17(2)18(3)21(7,8)9;1-15(17(3)20(4,5)6)14-16(2)18-10-12-19(13-11-18)21(7,8)9;1-13(15(3)17(4,5)6)12-14(2)16-10-8-7-9-11-16;1-10(2)14(11(3)4)12(5)13(6)15(7,8)9;1-7(2)8(3)9(4,5)6;1-6-7(2)8(3,4)5/h10-14H,15-16H2,1-9H3;15H2,1-14H3;10-14H,1-9H3;7-12H,1-6H3;10H,1-9H3;1-6H3;6H,1-5H3/b19-18-,21-17+;18-17-,19-16+;16-14-,17-15-;14-12-,15-13-;13-12-;;7-6-. The molecule has 3 aromatic rings. The minimum Gasteiger partial charge on any atom is -0.0926 e. The zero-order valence-electron chi connectivity index (χ0n) is 89.0. The van der Waals surface area contributed by atoms with Crippen LogP contribution >= 0.6 is 0 Å². The van der Waals surface area contributed by atoms with Gasteiger partial charge in [-0.3, -0.25) is 0 Å². The molecule has 0 aromatic heterocycles. The fourth-order valence-corrected chi connectivity index (χ4v) is 31.8. The molecule has 662 valence electrons. The van der Waals surface area contributed by atoms with E-state index < -0.39 is 88.8 Å². The number of rotatable bonds is 23. The van der Waals surface area contributed by atoms with E-state index in [0.29, 0.717) is 11.0 Å². The van der Waals surface area contributed by atoms with Gasteiger partial charge in [-0.1, -0.05) is 449 Å². The lowest BCUT2D eigenvalue weighted by atomic mass is 9.92. The second-order valence-electron chi connectivity index (χ2n) is 47.2. The molecule has 0 heterocycles. The molecule has 0 spiro atoms. The number of benzene rings is 3. The third kappa shape index (κ3) is 45.3. The molecule has 0 fully saturated rings. The van der Waals surface area contributed by atoms with Crippen molar-refractivity contribution in [1.82, 2.24) is 0 Å². The van der Waals surface area contributed by atoms with Crippen LogP contribution in [-0.2, 0) is 6.42 Å². The molecule has 0 saturated heterocycles. The Morgan fingerprint density at radius 2 is 0.629 bits per heavy atom. The molecule has 0 atom stereocenters. The SMILES string of the molecule is C/C(=C/C(C)=C(/C)[Si](C)(C)C)c1ccc([Si](C)(C)C)cc1.C/C(=C/C(C)=C(/C)[Si](C)(C)C)c1ccccc1.C/C=C(/C)[Si](C)(C)C.CC(=C(\C)[Si](C)(C)C)/C(=C(/C)CCc1ccccc1)[Si](C)(C)C.CC(=C(\C)[Si](C)(C)C)/C(=C(/C)C[Si](C)(C)C(C)(C)C)[Si](C)(C)C.CC(C)=C(/C(C)=C(/C)[Si](C)(C)C)C(C)C.CC(C)=C(C)[Si](C)(C)C. The van der Waals surface area contributed by atoms with E-state index in [0.717, 1.165) is 6.42 Å². The first-order valence-electron chi connectivity index (χ1n) is 44.8. The van der Waals surface area contributed by atoms with Gasteiger partial charge in [0.1, 0.15) is 0 Å². The van der Waals surface area contributed by atoms with Crippen molar-refractivity contribution >= 4 is 105 Å². The molecule has 0 saturated carbocycles. The Bertz CT molecular complexity index is 3930. The minimum atomic E-state index is -1.35. The average molecular weight is 1770 g/mol. The Labute approximate surface area is 740 Å². The van der Waals surface area contributed by atoms with Crippen molar-refractivity contribution < 1.29 is 0 Å². The van der Waals surface area contributed by atoms with E-state index in [1.807, 2.05) is 0 Å². The van der Waals surface area contributed by atoms with Crippen LogP contribution in [0, 0.1) is 5.92 Å². The van der Waals surface area contributed by atoms with Gasteiger partial charge >= 0.3 is 0 Å². The van der Waals surface area contributed by atoms with Crippen molar-refractivity contribution in [2.75, 3.05) is 0 Å². The fraction of sp³-hybridized carbons (Fsp3) is 0.600. The average Bonchev–Trinajstić information content (AvgIpc) is 0.797. The highest BCUT2D eigenvalue weighted by molar-refractivity contribution is 6.89. The van der Waals surface area contributed by atoms with Gasteiger partial charge in [-0.25, -0.2) is 0 Å². The van der Waals surface area contributed by atoms with Crippen LogP contribution in [0.15, 0.2) is 206 Å². The molecule has 0 aliphatic rings. The van der Waals surface area contributed by atoms with Crippen molar-refractivity contribution in [2.24, 2.45) is 5.92 Å². The highest BCUT2D eigenvalue weighted by atomic mass is 28.3. The predicted molar refractivity (Wildman–Crippen MR) is 584 cm³/mol. The smallest absolute Gasteiger partial charge is 0.0778 e. The highest BCUT2D eigenvalue weighted by Gasteiger charge is 2.37.